The second-order valence-electron chi connectivity index (χ2n) is 7.06. The highest BCUT2D eigenvalue weighted by atomic mass is 32.2. The Bertz CT molecular complexity index is 962. The van der Waals surface area contributed by atoms with Crippen molar-refractivity contribution in [1.82, 2.24) is 20.0 Å². The number of nitrogens with zero attached hydrogens (tertiary/aromatic N) is 4. The van der Waals surface area contributed by atoms with E-state index in [0.717, 1.165) is 45.5 Å². The van der Waals surface area contributed by atoms with Gasteiger partial charge in [0.2, 0.25) is 0 Å². The molecule has 3 aromatic rings. The van der Waals surface area contributed by atoms with Crippen LogP contribution in [0.2, 0.25) is 0 Å². The first-order valence-electron chi connectivity index (χ1n) is 9.53. The Kier molecular flexibility index (Phi) is 5.99. The highest BCUT2D eigenvalue weighted by Gasteiger charge is 2.24. The first kappa shape index (κ1) is 19.4. The third-order valence-electron chi connectivity index (χ3n) is 5.04. The second kappa shape index (κ2) is 8.63. The fourth-order valence-corrected chi connectivity index (χ4v) is 5.30. The molecule has 1 saturated heterocycles. The Morgan fingerprint density at radius 2 is 2.07 bits per heavy atom. The van der Waals surface area contributed by atoms with Crippen LogP contribution in [0.1, 0.15) is 34.0 Å². The van der Waals surface area contributed by atoms with E-state index in [2.05, 4.69) is 15.1 Å². The highest BCUT2D eigenvalue weighted by Crippen LogP contribution is 2.33. The van der Waals surface area contributed by atoms with Crippen LogP contribution in [0, 0.1) is 6.92 Å². The molecule has 0 atom stereocenters. The molecule has 0 N–H and O–H groups in total. The summed E-state index contributed by atoms with van der Waals surface area (Å²) < 4.78 is 6.90. The van der Waals surface area contributed by atoms with Crippen LogP contribution >= 0.6 is 23.1 Å². The molecule has 1 fully saturated rings. The molecular formula is C20H24N4O2S2. The van der Waals surface area contributed by atoms with Crippen molar-refractivity contribution in [3.8, 4) is 0 Å². The molecule has 6 nitrogen and oxygen atoms in total. The summed E-state index contributed by atoms with van der Waals surface area (Å²) in [7, 11) is 1.86. The van der Waals surface area contributed by atoms with Crippen molar-refractivity contribution < 1.29 is 9.21 Å². The topological polar surface area (TPSA) is 62.5 Å². The van der Waals surface area contributed by atoms with Gasteiger partial charge in [-0.2, -0.15) is 0 Å². The van der Waals surface area contributed by atoms with Crippen molar-refractivity contribution in [2.24, 2.45) is 0 Å². The fraction of sp³-hybridized carbons (Fsp3) is 0.450. The zero-order chi connectivity index (χ0) is 19.5. The molecule has 4 rings (SSSR count). The lowest BCUT2D eigenvalue weighted by Crippen LogP contribution is -2.35. The summed E-state index contributed by atoms with van der Waals surface area (Å²) in [5.41, 5.74) is 1.69. The number of aryl methyl sites for hydroxylation is 1. The molecule has 28 heavy (non-hydrogen) atoms. The number of para-hydroxylation sites is 1. The Morgan fingerprint density at radius 1 is 1.29 bits per heavy atom. The number of carbonyl (C=O) groups is 1. The number of likely N-dealkylation sites (N-methyl/N-ethyl adjacent to an activating group) is 1. The molecule has 8 heteroatoms. The number of fused-ring (bicyclic) bond motifs is 1. The summed E-state index contributed by atoms with van der Waals surface area (Å²) in [6.07, 6.45) is 2.52. The number of amides is 1. The van der Waals surface area contributed by atoms with Gasteiger partial charge in [-0.1, -0.05) is 41.3 Å². The maximum absolute atomic E-state index is 13.1. The molecule has 0 spiro atoms. The summed E-state index contributed by atoms with van der Waals surface area (Å²) in [6.45, 7) is 5.83. The van der Waals surface area contributed by atoms with Crippen molar-refractivity contribution in [1.29, 1.82) is 0 Å². The zero-order valence-electron chi connectivity index (χ0n) is 16.2. The van der Waals surface area contributed by atoms with Gasteiger partial charge in [0.25, 0.3) is 5.91 Å². The summed E-state index contributed by atoms with van der Waals surface area (Å²) >= 11 is 3.16. The van der Waals surface area contributed by atoms with Crippen LogP contribution in [-0.4, -0.2) is 59.1 Å². The predicted octanol–water partition coefficient (Wildman–Crippen LogP) is 4.05. The zero-order valence-corrected chi connectivity index (χ0v) is 17.8. The van der Waals surface area contributed by atoms with Gasteiger partial charge in [-0.05, 0) is 38.9 Å². The average molecular weight is 417 g/mol. The SMILES string of the molecule is Cc1nnc(SCc2c(C(=O)N(C)CCN3CCCC3)oc3ccccc23)s1. The number of furan rings is 1. The Labute approximate surface area is 172 Å². The molecule has 1 aliphatic heterocycles. The number of carbonyl (C=O) groups excluding carboxylic acids is 1. The van der Waals surface area contributed by atoms with Crippen molar-refractivity contribution in [3.05, 3.63) is 40.6 Å². The van der Waals surface area contributed by atoms with E-state index >= 15 is 0 Å². The predicted molar refractivity (Wildman–Crippen MR) is 113 cm³/mol. The first-order chi connectivity index (χ1) is 13.6. The van der Waals surface area contributed by atoms with Gasteiger partial charge in [0, 0.05) is 36.8 Å². The van der Waals surface area contributed by atoms with Crippen molar-refractivity contribution in [2.45, 2.75) is 29.9 Å². The molecule has 1 amide bonds. The van der Waals surface area contributed by atoms with Crippen LogP contribution < -0.4 is 0 Å². The summed E-state index contributed by atoms with van der Waals surface area (Å²) in [5, 5.41) is 10.2. The van der Waals surface area contributed by atoms with E-state index in [-0.39, 0.29) is 5.91 Å². The van der Waals surface area contributed by atoms with Gasteiger partial charge >= 0.3 is 0 Å². The first-order valence-corrected chi connectivity index (χ1v) is 11.3. The molecule has 148 valence electrons. The normalized spacial score (nSPS) is 14.8. The van der Waals surface area contributed by atoms with Crippen molar-refractivity contribution in [2.75, 3.05) is 33.2 Å². The molecule has 0 saturated carbocycles. The second-order valence-corrected chi connectivity index (χ2v) is 9.46. The van der Waals surface area contributed by atoms with E-state index in [1.54, 1.807) is 28.0 Å². The molecule has 1 aromatic carbocycles. The van der Waals surface area contributed by atoms with E-state index in [9.17, 15) is 4.79 Å². The van der Waals surface area contributed by atoms with Gasteiger partial charge in [0.1, 0.15) is 10.6 Å². The molecule has 0 radical (unpaired) electrons. The average Bonchev–Trinajstić information content (AvgIpc) is 3.43. The Morgan fingerprint density at radius 3 is 2.82 bits per heavy atom. The molecule has 3 heterocycles. The van der Waals surface area contributed by atoms with Gasteiger partial charge < -0.3 is 14.2 Å². The summed E-state index contributed by atoms with van der Waals surface area (Å²) in [5.74, 6) is 1.02. The number of rotatable bonds is 7. The van der Waals surface area contributed by atoms with Crippen LogP contribution in [0.3, 0.4) is 0 Å². The maximum Gasteiger partial charge on any atom is 0.289 e. The monoisotopic (exact) mass is 416 g/mol. The smallest absolute Gasteiger partial charge is 0.289 e. The number of benzene rings is 1. The lowest BCUT2D eigenvalue weighted by molar-refractivity contribution is 0.0752. The van der Waals surface area contributed by atoms with E-state index in [0.29, 0.717) is 18.1 Å². The fourth-order valence-electron chi connectivity index (χ4n) is 3.46. The number of thioether (sulfide) groups is 1. The van der Waals surface area contributed by atoms with Gasteiger partial charge in [-0.15, -0.1) is 10.2 Å². The van der Waals surface area contributed by atoms with Gasteiger partial charge in [0.05, 0.1) is 0 Å². The molecule has 0 aliphatic carbocycles. The molecule has 0 bridgehead atoms. The standard InChI is InChI=1S/C20H24N4O2S2/c1-14-21-22-20(28-14)27-13-16-15-7-3-4-8-17(15)26-18(16)19(25)23(2)11-12-24-9-5-6-10-24/h3-4,7-8H,5-6,9-13H2,1-2H3. The van der Waals surface area contributed by atoms with Gasteiger partial charge in [-0.3, -0.25) is 4.79 Å². The Balaban J connectivity index is 1.53. The number of hydrogen-bond acceptors (Lipinski definition) is 7. The minimum atomic E-state index is -0.0561. The lowest BCUT2D eigenvalue weighted by Gasteiger charge is -2.21. The van der Waals surface area contributed by atoms with Crippen LogP contribution in [0.4, 0.5) is 0 Å². The maximum atomic E-state index is 13.1. The molecule has 1 aliphatic rings. The number of aromatic nitrogens is 2. The summed E-state index contributed by atoms with van der Waals surface area (Å²) in [4.78, 5) is 17.3. The van der Waals surface area contributed by atoms with Crippen LogP contribution in [0.15, 0.2) is 33.0 Å². The van der Waals surface area contributed by atoms with E-state index in [1.807, 2.05) is 38.2 Å². The summed E-state index contributed by atoms with van der Waals surface area (Å²) in [6, 6.07) is 7.84. The number of likely N-dealkylation sites (tertiary alicyclic amines) is 1. The molecular weight excluding hydrogens is 392 g/mol. The van der Waals surface area contributed by atoms with Crippen LogP contribution in [0.25, 0.3) is 11.0 Å². The molecule has 2 aromatic heterocycles. The van der Waals surface area contributed by atoms with Crippen molar-refractivity contribution >= 4 is 40.0 Å². The minimum Gasteiger partial charge on any atom is -0.451 e. The van der Waals surface area contributed by atoms with E-state index in [1.165, 1.54) is 12.8 Å². The van der Waals surface area contributed by atoms with E-state index < -0.39 is 0 Å². The Hall–Kier alpha value is -1.90. The van der Waals surface area contributed by atoms with E-state index in [4.69, 9.17) is 4.42 Å². The third-order valence-corrected chi connectivity index (χ3v) is 7.04. The van der Waals surface area contributed by atoms with Gasteiger partial charge in [0.15, 0.2) is 10.1 Å². The van der Waals surface area contributed by atoms with Gasteiger partial charge in [-0.25, -0.2) is 0 Å². The minimum absolute atomic E-state index is 0.0561. The lowest BCUT2D eigenvalue weighted by atomic mass is 10.1. The highest BCUT2D eigenvalue weighted by molar-refractivity contribution is 8.00. The van der Waals surface area contributed by atoms with Crippen LogP contribution in [-0.2, 0) is 5.75 Å². The quantitative estimate of drug-likeness (QED) is 0.542. The third kappa shape index (κ3) is 4.24. The number of hydrogen-bond donors (Lipinski definition) is 0. The van der Waals surface area contributed by atoms with Crippen LogP contribution in [0.5, 0.6) is 0 Å². The largest absolute Gasteiger partial charge is 0.451 e. The molecule has 0 unspecified atom stereocenters. The van der Waals surface area contributed by atoms with Crippen molar-refractivity contribution in [3.63, 3.8) is 0 Å².